The van der Waals surface area contributed by atoms with Crippen LogP contribution >= 0.6 is 0 Å². The zero-order valence-electron chi connectivity index (χ0n) is 9.46. The van der Waals surface area contributed by atoms with Gasteiger partial charge in [-0.25, -0.2) is 4.68 Å². The van der Waals surface area contributed by atoms with Crippen molar-refractivity contribution < 1.29 is 14.6 Å². The molecule has 17 heavy (non-hydrogen) atoms. The minimum atomic E-state index is -0.864. The Bertz CT molecular complexity index is 536. The number of nitrogens with zero attached hydrogens (tertiary/aromatic N) is 3. The lowest BCUT2D eigenvalue weighted by Gasteiger charge is -2.04. The Kier molecular flexibility index (Phi) is 3.34. The Morgan fingerprint density at radius 3 is 3.06 bits per heavy atom. The topological polar surface area (TPSA) is 77.2 Å². The second-order valence-corrected chi connectivity index (χ2v) is 3.66. The minimum Gasteiger partial charge on any atom is -0.481 e. The molecule has 1 aromatic heterocycles. The Morgan fingerprint density at radius 2 is 2.35 bits per heavy atom. The third kappa shape index (κ3) is 2.42. The Hall–Kier alpha value is -1.95. The van der Waals surface area contributed by atoms with Gasteiger partial charge < -0.3 is 9.84 Å². The summed E-state index contributed by atoms with van der Waals surface area (Å²) in [6.45, 7) is 1.07. The molecule has 6 nitrogen and oxygen atoms in total. The number of benzene rings is 1. The van der Waals surface area contributed by atoms with Gasteiger partial charge in [-0.15, -0.1) is 5.10 Å². The van der Waals surface area contributed by atoms with Crippen LogP contribution in [0.25, 0.3) is 11.0 Å². The highest BCUT2D eigenvalue weighted by Gasteiger charge is 2.11. The fourth-order valence-electron chi connectivity index (χ4n) is 1.74. The number of hydrogen-bond donors (Lipinski definition) is 1. The van der Waals surface area contributed by atoms with Crippen molar-refractivity contribution in [1.29, 1.82) is 0 Å². The standard InChI is InChI=1S/C11H13N3O3/c1-17-6-5-14-11-8(7-10(15)16)3-2-4-9(11)12-13-14/h2-4H,5-7H2,1H3,(H,15,16). The van der Waals surface area contributed by atoms with Crippen LogP contribution in [0.4, 0.5) is 0 Å². The summed E-state index contributed by atoms with van der Waals surface area (Å²) in [7, 11) is 1.61. The summed E-state index contributed by atoms with van der Waals surface area (Å²) in [4.78, 5) is 10.8. The average molecular weight is 235 g/mol. The van der Waals surface area contributed by atoms with Gasteiger partial charge in [0.2, 0.25) is 0 Å². The van der Waals surface area contributed by atoms with Crippen LogP contribution < -0.4 is 0 Å². The van der Waals surface area contributed by atoms with Crippen LogP contribution in [0.5, 0.6) is 0 Å². The van der Waals surface area contributed by atoms with Crippen LogP contribution in [-0.4, -0.2) is 39.8 Å². The van der Waals surface area contributed by atoms with Crippen molar-refractivity contribution in [3.8, 4) is 0 Å². The van der Waals surface area contributed by atoms with Crippen LogP contribution in [0.2, 0.25) is 0 Å². The van der Waals surface area contributed by atoms with Crippen molar-refractivity contribution in [3.05, 3.63) is 23.8 Å². The lowest BCUT2D eigenvalue weighted by molar-refractivity contribution is -0.136. The van der Waals surface area contributed by atoms with Crippen LogP contribution in [-0.2, 0) is 22.5 Å². The fourth-order valence-corrected chi connectivity index (χ4v) is 1.74. The molecule has 0 aliphatic rings. The first-order chi connectivity index (χ1) is 8.22. The highest BCUT2D eigenvalue weighted by molar-refractivity contribution is 5.83. The number of aromatic nitrogens is 3. The van der Waals surface area contributed by atoms with E-state index >= 15 is 0 Å². The van der Waals surface area contributed by atoms with Crippen LogP contribution in [0.15, 0.2) is 18.2 Å². The molecule has 0 bridgehead atoms. The molecule has 2 aromatic rings. The Labute approximate surface area is 97.8 Å². The van der Waals surface area contributed by atoms with Crippen LogP contribution in [0.1, 0.15) is 5.56 Å². The van der Waals surface area contributed by atoms with E-state index in [9.17, 15) is 4.79 Å². The van der Waals surface area contributed by atoms with Crippen LogP contribution in [0.3, 0.4) is 0 Å². The van der Waals surface area contributed by atoms with E-state index in [-0.39, 0.29) is 6.42 Å². The van der Waals surface area contributed by atoms with Gasteiger partial charge in [0.1, 0.15) is 5.52 Å². The number of fused-ring (bicyclic) bond motifs is 1. The van der Waals surface area contributed by atoms with Gasteiger partial charge in [-0.05, 0) is 11.6 Å². The van der Waals surface area contributed by atoms with Crippen LogP contribution in [0, 0.1) is 0 Å². The first-order valence-corrected chi connectivity index (χ1v) is 5.24. The van der Waals surface area contributed by atoms with Gasteiger partial charge in [0.15, 0.2) is 0 Å². The first kappa shape index (κ1) is 11.5. The normalized spacial score (nSPS) is 10.9. The van der Waals surface area contributed by atoms with Crippen molar-refractivity contribution >= 4 is 17.0 Å². The smallest absolute Gasteiger partial charge is 0.307 e. The first-order valence-electron chi connectivity index (χ1n) is 5.24. The average Bonchev–Trinajstić information content (AvgIpc) is 2.70. The van der Waals surface area contributed by atoms with Gasteiger partial charge in [-0.1, -0.05) is 17.3 Å². The monoisotopic (exact) mass is 235 g/mol. The summed E-state index contributed by atoms with van der Waals surface area (Å²) in [5, 5.41) is 16.9. The molecule has 0 saturated carbocycles. The van der Waals surface area contributed by atoms with E-state index in [1.54, 1.807) is 23.9 Å². The number of ether oxygens (including phenoxy) is 1. The molecule has 90 valence electrons. The predicted molar refractivity (Wildman–Crippen MR) is 60.7 cm³/mol. The maximum atomic E-state index is 10.8. The van der Waals surface area contributed by atoms with E-state index in [0.29, 0.717) is 18.7 Å². The van der Waals surface area contributed by atoms with Crippen molar-refractivity contribution in [1.82, 2.24) is 15.0 Å². The van der Waals surface area contributed by atoms with E-state index in [2.05, 4.69) is 10.3 Å². The summed E-state index contributed by atoms with van der Waals surface area (Å²) in [6, 6.07) is 5.38. The highest BCUT2D eigenvalue weighted by Crippen LogP contribution is 2.17. The molecule has 1 aromatic carbocycles. The number of rotatable bonds is 5. The van der Waals surface area contributed by atoms with Gasteiger partial charge >= 0.3 is 5.97 Å². The molecule has 6 heteroatoms. The number of aliphatic carboxylic acids is 1. The van der Waals surface area contributed by atoms with E-state index in [1.807, 2.05) is 6.07 Å². The molecule has 1 heterocycles. The molecule has 0 amide bonds. The molecule has 0 spiro atoms. The van der Waals surface area contributed by atoms with E-state index in [4.69, 9.17) is 9.84 Å². The second kappa shape index (κ2) is 4.92. The number of carboxylic acids is 1. The third-order valence-electron chi connectivity index (χ3n) is 2.47. The van der Waals surface area contributed by atoms with E-state index < -0.39 is 5.97 Å². The largest absolute Gasteiger partial charge is 0.481 e. The predicted octanol–water partition coefficient (Wildman–Crippen LogP) is 0.705. The summed E-state index contributed by atoms with van der Waals surface area (Å²) in [6.07, 6.45) is -0.0301. The maximum Gasteiger partial charge on any atom is 0.307 e. The lowest BCUT2D eigenvalue weighted by atomic mass is 10.1. The van der Waals surface area contributed by atoms with Gasteiger partial charge in [-0.2, -0.15) is 0 Å². The molecule has 0 atom stereocenters. The summed E-state index contributed by atoms with van der Waals surface area (Å²) >= 11 is 0. The molecule has 0 aliphatic carbocycles. The quantitative estimate of drug-likeness (QED) is 0.825. The molecule has 0 fully saturated rings. The number of carboxylic acid groups (broad SMARTS) is 1. The van der Waals surface area contributed by atoms with Crippen molar-refractivity contribution in [2.75, 3.05) is 13.7 Å². The number of para-hydroxylation sites is 1. The SMILES string of the molecule is COCCn1nnc2cccc(CC(=O)O)c21. The second-order valence-electron chi connectivity index (χ2n) is 3.66. The van der Waals surface area contributed by atoms with Gasteiger partial charge in [0.25, 0.3) is 0 Å². The Morgan fingerprint density at radius 1 is 1.53 bits per heavy atom. The molecule has 0 radical (unpaired) electrons. The van der Waals surface area contributed by atoms with Gasteiger partial charge in [-0.3, -0.25) is 4.79 Å². The summed E-state index contributed by atoms with van der Waals surface area (Å²) in [5.41, 5.74) is 2.20. The molecule has 0 saturated heterocycles. The highest BCUT2D eigenvalue weighted by atomic mass is 16.5. The zero-order chi connectivity index (χ0) is 12.3. The molecular formula is C11H13N3O3. The van der Waals surface area contributed by atoms with Crippen molar-refractivity contribution in [2.45, 2.75) is 13.0 Å². The molecule has 0 unspecified atom stereocenters. The molecule has 2 rings (SSSR count). The number of carbonyl (C=O) groups is 1. The molecular weight excluding hydrogens is 222 g/mol. The van der Waals surface area contributed by atoms with E-state index in [0.717, 1.165) is 11.1 Å². The van der Waals surface area contributed by atoms with Crippen molar-refractivity contribution in [2.24, 2.45) is 0 Å². The minimum absolute atomic E-state index is 0.0301. The lowest BCUT2D eigenvalue weighted by Crippen LogP contribution is -2.08. The van der Waals surface area contributed by atoms with Gasteiger partial charge in [0, 0.05) is 7.11 Å². The fraction of sp³-hybridized carbons (Fsp3) is 0.364. The van der Waals surface area contributed by atoms with Gasteiger partial charge in [0.05, 0.1) is 25.1 Å². The zero-order valence-corrected chi connectivity index (χ0v) is 9.46. The van der Waals surface area contributed by atoms with E-state index in [1.165, 1.54) is 0 Å². The number of methoxy groups -OCH3 is 1. The molecule has 1 N–H and O–H groups in total. The number of hydrogen-bond acceptors (Lipinski definition) is 4. The summed E-state index contributed by atoms with van der Waals surface area (Å²) < 4.78 is 6.66. The Balaban J connectivity index is 2.43. The van der Waals surface area contributed by atoms with Crippen molar-refractivity contribution in [3.63, 3.8) is 0 Å². The third-order valence-corrected chi connectivity index (χ3v) is 2.47. The maximum absolute atomic E-state index is 10.8. The summed E-state index contributed by atoms with van der Waals surface area (Å²) in [5.74, 6) is -0.864. The molecule has 0 aliphatic heterocycles.